The van der Waals surface area contributed by atoms with Gasteiger partial charge in [-0.3, -0.25) is 9.59 Å². The van der Waals surface area contributed by atoms with E-state index < -0.39 is 6.04 Å². The van der Waals surface area contributed by atoms with Crippen molar-refractivity contribution in [1.29, 1.82) is 0 Å². The quantitative estimate of drug-likeness (QED) is 0.860. The van der Waals surface area contributed by atoms with Gasteiger partial charge in [0.1, 0.15) is 12.6 Å². The van der Waals surface area contributed by atoms with E-state index in [2.05, 4.69) is 5.32 Å². The number of rotatable bonds is 5. The summed E-state index contributed by atoms with van der Waals surface area (Å²) in [4.78, 5) is 28.9. The zero-order valence-electron chi connectivity index (χ0n) is 14.8. The molecule has 1 aromatic carbocycles. The van der Waals surface area contributed by atoms with Crippen LogP contribution in [0, 0.1) is 5.92 Å². The highest BCUT2D eigenvalue weighted by atomic mass is 16.5. The summed E-state index contributed by atoms with van der Waals surface area (Å²) >= 11 is 0. The van der Waals surface area contributed by atoms with Crippen molar-refractivity contribution in [3.63, 3.8) is 0 Å². The third-order valence-corrected chi connectivity index (χ3v) is 5.10. The summed E-state index contributed by atoms with van der Waals surface area (Å²) in [5.74, 6) is 0.532. The van der Waals surface area contributed by atoms with E-state index in [0.29, 0.717) is 12.5 Å². The molecule has 1 atom stereocenters. The zero-order valence-corrected chi connectivity index (χ0v) is 14.8. The minimum absolute atomic E-state index is 0.0203. The molecule has 2 saturated heterocycles. The van der Waals surface area contributed by atoms with Crippen molar-refractivity contribution in [3.8, 4) is 0 Å². The van der Waals surface area contributed by atoms with E-state index in [-0.39, 0.29) is 25.0 Å². The SMILES string of the molecule is CNCC1CCN(C(=O)[C@H]2COCC(=O)N2Cc2ccccc2)CC1. The lowest BCUT2D eigenvalue weighted by molar-refractivity contribution is -0.160. The van der Waals surface area contributed by atoms with E-state index in [1.54, 1.807) is 4.90 Å². The van der Waals surface area contributed by atoms with E-state index in [9.17, 15) is 9.59 Å². The second kappa shape index (κ2) is 8.45. The molecule has 0 saturated carbocycles. The van der Waals surface area contributed by atoms with Crippen molar-refractivity contribution in [1.82, 2.24) is 15.1 Å². The van der Waals surface area contributed by atoms with Crippen molar-refractivity contribution in [2.24, 2.45) is 5.92 Å². The van der Waals surface area contributed by atoms with Gasteiger partial charge in [0.05, 0.1) is 6.61 Å². The Bertz CT molecular complexity index is 585. The normalized spacial score (nSPS) is 22.3. The monoisotopic (exact) mass is 345 g/mol. The molecule has 0 radical (unpaired) electrons. The number of benzene rings is 1. The molecule has 1 aromatic rings. The Balaban J connectivity index is 1.66. The van der Waals surface area contributed by atoms with Gasteiger partial charge < -0.3 is 19.9 Å². The number of carbonyl (C=O) groups excluding carboxylic acids is 2. The lowest BCUT2D eigenvalue weighted by Crippen LogP contribution is -2.57. The van der Waals surface area contributed by atoms with Crippen LogP contribution in [0.15, 0.2) is 30.3 Å². The Kier molecular flexibility index (Phi) is 6.04. The average Bonchev–Trinajstić information content (AvgIpc) is 2.65. The standard InChI is InChI=1S/C19H27N3O3/c1-20-11-15-7-9-21(10-8-15)19(24)17-13-25-14-18(23)22(17)12-16-5-3-2-4-6-16/h2-6,15,17,20H,7-14H2,1H3/t17-/m1/s1. The second-order valence-corrected chi connectivity index (χ2v) is 6.86. The molecule has 0 aromatic heterocycles. The maximum absolute atomic E-state index is 13.0. The van der Waals surface area contributed by atoms with Crippen LogP contribution in [0.2, 0.25) is 0 Å². The van der Waals surface area contributed by atoms with Gasteiger partial charge in [-0.1, -0.05) is 30.3 Å². The molecule has 0 spiro atoms. The maximum atomic E-state index is 13.0. The largest absolute Gasteiger partial charge is 0.369 e. The van der Waals surface area contributed by atoms with Gasteiger partial charge in [-0.15, -0.1) is 0 Å². The Morgan fingerprint density at radius 3 is 2.64 bits per heavy atom. The molecular formula is C19H27N3O3. The fourth-order valence-electron chi connectivity index (χ4n) is 3.64. The lowest BCUT2D eigenvalue weighted by atomic mass is 9.96. The molecule has 0 unspecified atom stereocenters. The molecule has 136 valence electrons. The van der Waals surface area contributed by atoms with Crippen molar-refractivity contribution < 1.29 is 14.3 Å². The zero-order chi connectivity index (χ0) is 17.6. The van der Waals surface area contributed by atoms with Crippen molar-refractivity contribution in [2.75, 3.05) is 39.9 Å². The summed E-state index contributed by atoms with van der Waals surface area (Å²) in [6, 6.07) is 9.29. The van der Waals surface area contributed by atoms with Crippen molar-refractivity contribution in [3.05, 3.63) is 35.9 Å². The summed E-state index contributed by atoms with van der Waals surface area (Å²) < 4.78 is 5.39. The van der Waals surface area contributed by atoms with Crippen LogP contribution in [-0.4, -0.2) is 67.6 Å². The van der Waals surface area contributed by atoms with Gasteiger partial charge in [0.25, 0.3) is 0 Å². The predicted molar refractivity (Wildman–Crippen MR) is 94.8 cm³/mol. The number of morpholine rings is 1. The fourth-order valence-corrected chi connectivity index (χ4v) is 3.64. The number of likely N-dealkylation sites (tertiary alicyclic amines) is 1. The van der Waals surface area contributed by atoms with Gasteiger partial charge in [-0.25, -0.2) is 0 Å². The average molecular weight is 345 g/mol. The second-order valence-electron chi connectivity index (χ2n) is 6.86. The van der Waals surface area contributed by atoms with Gasteiger partial charge in [0.2, 0.25) is 11.8 Å². The fraction of sp³-hybridized carbons (Fsp3) is 0.579. The summed E-state index contributed by atoms with van der Waals surface area (Å²) in [7, 11) is 1.96. The van der Waals surface area contributed by atoms with Crippen LogP contribution in [-0.2, 0) is 20.9 Å². The number of carbonyl (C=O) groups is 2. The van der Waals surface area contributed by atoms with Crippen LogP contribution in [0.4, 0.5) is 0 Å². The van der Waals surface area contributed by atoms with Gasteiger partial charge in [-0.2, -0.15) is 0 Å². The van der Waals surface area contributed by atoms with Crippen LogP contribution in [0.3, 0.4) is 0 Å². The number of nitrogens with one attached hydrogen (secondary N) is 1. The number of nitrogens with zero attached hydrogens (tertiary/aromatic N) is 2. The van der Waals surface area contributed by atoms with Crippen LogP contribution < -0.4 is 5.32 Å². The molecule has 25 heavy (non-hydrogen) atoms. The van der Waals surface area contributed by atoms with E-state index in [1.807, 2.05) is 42.3 Å². The molecular weight excluding hydrogens is 318 g/mol. The summed E-state index contributed by atoms with van der Waals surface area (Å²) in [5.41, 5.74) is 1.03. The van der Waals surface area contributed by atoms with Crippen molar-refractivity contribution in [2.45, 2.75) is 25.4 Å². The molecule has 2 fully saturated rings. The highest BCUT2D eigenvalue weighted by Gasteiger charge is 2.37. The lowest BCUT2D eigenvalue weighted by Gasteiger charge is -2.39. The van der Waals surface area contributed by atoms with E-state index in [4.69, 9.17) is 4.74 Å². The van der Waals surface area contributed by atoms with Gasteiger partial charge in [-0.05, 0) is 37.9 Å². The summed E-state index contributed by atoms with van der Waals surface area (Å²) in [6.07, 6.45) is 2.01. The van der Waals surface area contributed by atoms with E-state index in [1.165, 1.54) is 0 Å². The number of amides is 2. The summed E-state index contributed by atoms with van der Waals surface area (Å²) in [6.45, 7) is 3.31. The van der Waals surface area contributed by atoms with Gasteiger partial charge in [0, 0.05) is 19.6 Å². The highest BCUT2D eigenvalue weighted by Crippen LogP contribution is 2.20. The maximum Gasteiger partial charge on any atom is 0.249 e. The third-order valence-electron chi connectivity index (χ3n) is 5.10. The topological polar surface area (TPSA) is 61.9 Å². The Morgan fingerprint density at radius 2 is 1.96 bits per heavy atom. The molecule has 2 aliphatic heterocycles. The van der Waals surface area contributed by atoms with E-state index >= 15 is 0 Å². The van der Waals surface area contributed by atoms with Crippen LogP contribution in [0.5, 0.6) is 0 Å². The minimum atomic E-state index is -0.512. The number of hydrogen-bond donors (Lipinski definition) is 1. The molecule has 1 N–H and O–H groups in total. The van der Waals surface area contributed by atoms with Gasteiger partial charge >= 0.3 is 0 Å². The Labute approximate surface area is 149 Å². The Morgan fingerprint density at radius 1 is 1.24 bits per heavy atom. The van der Waals surface area contributed by atoms with Crippen LogP contribution >= 0.6 is 0 Å². The number of ether oxygens (including phenoxy) is 1. The van der Waals surface area contributed by atoms with E-state index in [0.717, 1.165) is 38.0 Å². The van der Waals surface area contributed by atoms with Crippen LogP contribution in [0.1, 0.15) is 18.4 Å². The first-order valence-corrected chi connectivity index (χ1v) is 9.03. The predicted octanol–water partition coefficient (Wildman–Crippen LogP) is 0.872. The molecule has 2 heterocycles. The molecule has 2 amide bonds. The van der Waals surface area contributed by atoms with Crippen LogP contribution in [0.25, 0.3) is 0 Å². The molecule has 3 rings (SSSR count). The molecule has 0 bridgehead atoms. The van der Waals surface area contributed by atoms with Gasteiger partial charge in [0.15, 0.2) is 0 Å². The molecule has 6 nitrogen and oxygen atoms in total. The molecule has 6 heteroatoms. The molecule has 2 aliphatic rings. The number of hydrogen-bond acceptors (Lipinski definition) is 4. The Hall–Kier alpha value is -1.92. The van der Waals surface area contributed by atoms with Crippen molar-refractivity contribution >= 4 is 11.8 Å². The third kappa shape index (κ3) is 4.38. The number of piperidine rings is 1. The smallest absolute Gasteiger partial charge is 0.249 e. The first kappa shape index (κ1) is 17.9. The summed E-state index contributed by atoms with van der Waals surface area (Å²) in [5, 5.41) is 3.21. The minimum Gasteiger partial charge on any atom is -0.369 e. The highest BCUT2D eigenvalue weighted by molar-refractivity contribution is 5.89. The first-order chi connectivity index (χ1) is 12.2. The molecule has 0 aliphatic carbocycles. The first-order valence-electron chi connectivity index (χ1n) is 9.03.